The smallest absolute Gasteiger partial charge is 0.340 e. The van der Waals surface area contributed by atoms with Crippen LogP contribution in [0.1, 0.15) is 61.6 Å². The summed E-state index contributed by atoms with van der Waals surface area (Å²) < 4.78 is 6.84. The number of esters is 1. The lowest BCUT2D eigenvalue weighted by atomic mass is 9.86. The summed E-state index contributed by atoms with van der Waals surface area (Å²) in [5, 5.41) is 14.5. The van der Waals surface area contributed by atoms with Gasteiger partial charge < -0.3 is 14.6 Å². The third-order valence-corrected chi connectivity index (χ3v) is 7.06. The first kappa shape index (κ1) is 21.8. The van der Waals surface area contributed by atoms with Crippen molar-refractivity contribution in [3.05, 3.63) is 22.8 Å². The molecule has 7 nitrogen and oxygen atoms in total. The molecule has 1 saturated carbocycles. The van der Waals surface area contributed by atoms with Gasteiger partial charge in [0.1, 0.15) is 10.8 Å². The van der Waals surface area contributed by atoms with Gasteiger partial charge in [-0.05, 0) is 30.7 Å². The Morgan fingerprint density at radius 3 is 2.83 bits per heavy atom. The summed E-state index contributed by atoms with van der Waals surface area (Å²) in [5.41, 5.74) is 0.373. The van der Waals surface area contributed by atoms with E-state index in [0.29, 0.717) is 10.6 Å². The summed E-state index contributed by atoms with van der Waals surface area (Å²) in [5.74, 6) is 1.38. The molecule has 158 valence electrons. The predicted molar refractivity (Wildman–Crippen MR) is 116 cm³/mol. The van der Waals surface area contributed by atoms with Crippen LogP contribution in [0.5, 0.6) is 0 Å². The summed E-state index contributed by atoms with van der Waals surface area (Å²) in [7, 11) is 1.32. The van der Waals surface area contributed by atoms with Crippen LogP contribution in [-0.4, -0.2) is 39.5 Å². The van der Waals surface area contributed by atoms with Crippen molar-refractivity contribution in [3.8, 4) is 0 Å². The Morgan fingerprint density at radius 1 is 1.31 bits per heavy atom. The zero-order chi connectivity index (χ0) is 20.6. The molecule has 1 aliphatic carbocycles. The van der Waals surface area contributed by atoms with Crippen LogP contribution in [0.4, 0.5) is 5.00 Å². The lowest BCUT2D eigenvalue weighted by Gasteiger charge is -2.21. The van der Waals surface area contributed by atoms with E-state index in [2.05, 4.69) is 27.0 Å². The van der Waals surface area contributed by atoms with Gasteiger partial charge in [-0.1, -0.05) is 43.9 Å². The fourth-order valence-electron chi connectivity index (χ4n) is 3.71. The molecule has 0 bridgehead atoms. The number of nitrogens with zero attached hydrogens (tertiary/aromatic N) is 3. The SMILES string of the molecule is CCn1c(CCC2CCCCC2)nnc1SCC(=O)Nc1sccc1C(=O)OC. The maximum atomic E-state index is 12.4. The lowest BCUT2D eigenvalue weighted by Crippen LogP contribution is -2.16. The van der Waals surface area contributed by atoms with Crippen LogP contribution < -0.4 is 5.32 Å². The number of ether oxygens (including phenoxy) is 1. The van der Waals surface area contributed by atoms with E-state index in [1.807, 2.05) is 0 Å². The second-order valence-corrected chi connectivity index (χ2v) is 9.04. The Labute approximate surface area is 179 Å². The van der Waals surface area contributed by atoms with Crippen LogP contribution in [0.15, 0.2) is 16.6 Å². The monoisotopic (exact) mass is 436 g/mol. The van der Waals surface area contributed by atoms with Crippen molar-refractivity contribution in [1.29, 1.82) is 0 Å². The summed E-state index contributed by atoms with van der Waals surface area (Å²) in [6.45, 7) is 2.86. The van der Waals surface area contributed by atoms with E-state index < -0.39 is 5.97 Å². The number of aromatic nitrogens is 3. The van der Waals surface area contributed by atoms with E-state index in [-0.39, 0.29) is 11.7 Å². The van der Waals surface area contributed by atoms with Gasteiger partial charge in [-0.15, -0.1) is 21.5 Å². The Bertz CT molecular complexity index is 828. The van der Waals surface area contributed by atoms with Crippen molar-refractivity contribution in [1.82, 2.24) is 14.8 Å². The molecule has 1 aliphatic rings. The molecule has 0 unspecified atom stereocenters. The van der Waals surface area contributed by atoms with E-state index in [0.717, 1.165) is 36.3 Å². The van der Waals surface area contributed by atoms with Gasteiger partial charge in [0.2, 0.25) is 5.91 Å². The molecule has 0 saturated heterocycles. The van der Waals surface area contributed by atoms with E-state index in [1.165, 1.54) is 62.3 Å². The highest BCUT2D eigenvalue weighted by Gasteiger charge is 2.19. The van der Waals surface area contributed by atoms with Gasteiger partial charge in [0, 0.05) is 13.0 Å². The highest BCUT2D eigenvalue weighted by atomic mass is 32.2. The summed E-state index contributed by atoms with van der Waals surface area (Å²) in [4.78, 5) is 24.1. The molecule has 29 heavy (non-hydrogen) atoms. The minimum atomic E-state index is -0.456. The van der Waals surface area contributed by atoms with Gasteiger partial charge >= 0.3 is 5.97 Å². The number of aryl methyl sites for hydroxylation is 1. The van der Waals surface area contributed by atoms with Crippen LogP contribution in [0, 0.1) is 5.92 Å². The molecule has 0 atom stereocenters. The van der Waals surface area contributed by atoms with Gasteiger partial charge in [0.05, 0.1) is 18.4 Å². The van der Waals surface area contributed by atoms with E-state index in [4.69, 9.17) is 4.74 Å². The maximum absolute atomic E-state index is 12.4. The summed E-state index contributed by atoms with van der Waals surface area (Å²) in [6, 6.07) is 1.64. The van der Waals surface area contributed by atoms with Crippen molar-refractivity contribution < 1.29 is 14.3 Å². The number of rotatable bonds is 9. The van der Waals surface area contributed by atoms with Crippen molar-refractivity contribution in [2.24, 2.45) is 5.92 Å². The number of thioether (sulfide) groups is 1. The van der Waals surface area contributed by atoms with E-state index >= 15 is 0 Å². The molecule has 0 aromatic carbocycles. The third kappa shape index (κ3) is 5.82. The predicted octanol–water partition coefficient (Wildman–Crippen LogP) is 4.39. The third-order valence-electron chi connectivity index (χ3n) is 5.27. The standard InChI is InChI=1S/C20H28N4O3S2/c1-3-24-16(10-9-14-7-5-4-6-8-14)22-23-20(24)29-13-17(25)21-18-15(11-12-28-18)19(26)27-2/h11-12,14H,3-10,13H2,1-2H3,(H,21,25). The highest BCUT2D eigenvalue weighted by Crippen LogP contribution is 2.28. The number of thiophene rings is 1. The molecular formula is C20H28N4O3S2. The van der Waals surface area contributed by atoms with E-state index in [9.17, 15) is 9.59 Å². The molecule has 1 amide bonds. The summed E-state index contributed by atoms with van der Waals surface area (Å²) >= 11 is 2.67. The Balaban J connectivity index is 1.53. The first-order valence-corrected chi connectivity index (χ1v) is 12.0. The number of nitrogens with one attached hydrogen (secondary N) is 1. The second kappa shape index (κ2) is 10.8. The van der Waals surface area contributed by atoms with Crippen molar-refractivity contribution in [2.75, 3.05) is 18.2 Å². The molecule has 3 rings (SSSR count). The zero-order valence-corrected chi connectivity index (χ0v) is 18.6. The largest absolute Gasteiger partial charge is 0.465 e. The van der Waals surface area contributed by atoms with Crippen LogP contribution in [-0.2, 0) is 22.5 Å². The van der Waals surface area contributed by atoms with Gasteiger partial charge in [0.25, 0.3) is 0 Å². The van der Waals surface area contributed by atoms with Crippen LogP contribution in [0.2, 0.25) is 0 Å². The number of hydrogen-bond acceptors (Lipinski definition) is 7. The van der Waals surface area contributed by atoms with Gasteiger partial charge in [-0.3, -0.25) is 4.79 Å². The Kier molecular flexibility index (Phi) is 8.11. The molecule has 0 aliphatic heterocycles. The van der Waals surface area contributed by atoms with E-state index in [1.54, 1.807) is 11.4 Å². The lowest BCUT2D eigenvalue weighted by molar-refractivity contribution is -0.113. The first-order chi connectivity index (χ1) is 14.1. The molecule has 2 aromatic rings. The van der Waals surface area contributed by atoms with Crippen molar-refractivity contribution in [3.63, 3.8) is 0 Å². The number of anilines is 1. The average Bonchev–Trinajstić information content (AvgIpc) is 3.37. The molecule has 0 spiro atoms. The van der Waals surface area contributed by atoms with Crippen molar-refractivity contribution >= 4 is 40.0 Å². The second-order valence-electron chi connectivity index (χ2n) is 7.18. The topological polar surface area (TPSA) is 86.1 Å². The minimum Gasteiger partial charge on any atom is -0.465 e. The quantitative estimate of drug-likeness (QED) is 0.463. The molecule has 1 N–H and O–H groups in total. The number of carbonyl (C=O) groups excluding carboxylic acids is 2. The number of amides is 1. The van der Waals surface area contributed by atoms with Crippen LogP contribution >= 0.6 is 23.1 Å². The van der Waals surface area contributed by atoms with Gasteiger partial charge in [0.15, 0.2) is 5.16 Å². The molecule has 9 heteroatoms. The van der Waals surface area contributed by atoms with Crippen molar-refractivity contribution in [2.45, 2.75) is 63.6 Å². The molecule has 1 fully saturated rings. The van der Waals surface area contributed by atoms with Gasteiger partial charge in [-0.2, -0.15) is 0 Å². The fraction of sp³-hybridized carbons (Fsp3) is 0.600. The number of hydrogen-bond donors (Lipinski definition) is 1. The Morgan fingerprint density at radius 2 is 2.10 bits per heavy atom. The zero-order valence-electron chi connectivity index (χ0n) is 17.0. The van der Waals surface area contributed by atoms with Gasteiger partial charge in [-0.25, -0.2) is 4.79 Å². The normalized spacial score (nSPS) is 14.7. The molecular weight excluding hydrogens is 408 g/mol. The van der Waals surface area contributed by atoms with Crippen LogP contribution in [0.25, 0.3) is 0 Å². The fourth-order valence-corrected chi connectivity index (χ4v) is 5.32. The summed E-state index contributed by atoms with van der Waals surface area (Å²) in [6.07, 6.45) is 8.84. The average molecular weight is 437 g/mol. The molecule has 0 radical (unpaired) electrons. The Hall–Kier alpha value is -1.87. The number of methoxy groups -OCH3 is 1. The number of carbonyl (C=O) groups is 2. The minimum absolute atomic E-state index is 0.183. The first-order valence-electron chi connectivity index (χ1n) is 10.1. The highest BCUT2D eigenvalue weighted by molar-refractivity contribution is 7.99. The molecule has 2 aromatic heterocycles. The van der Waals surface area contributed by atoms with Crippen LogP contribution in [0.3, 0.4) is 0 Å². The maximum Gasteiger partial charge on any atom is 0.340 e. The molecule has 2 heterocycles.